The number of aromatic nitrogens is 1. The van der Waals surface area contributed by atoms with Crippen LogP contribution < -0.4 is 5.32 Å². The monoisotopic (exact) mass is 261 g/mol. The largest absolute Gasteiger partial charge is 0.401 e. The van der Waals surface area contributed by atoms with Crippen molar-refractivity contribution in [2.24, 2.45) is 0 Å². The Hall–Kier alpha value is -1.14. The Kier molecular flexibility index (Phi) is 6.07. The van der Waals surface area contributed by atoms with Crippen LogP contribution in [0, 0.1) is 0 Å². The molecule has 102 valence electrons. The second-order valence-corrected chi connectivity index (χ2v) is 3.98. The lowest BCUT2D eigenvalue weighted by molar-refractivity contribution is -0.124. The highest BCUT2D eigenvalue weighted by Crippen LogP contribution is 2.11. The van der Waals surface area contributed by atoms with E-state index in [1.54, 1.807) is 6.20 Å². The molecule has 6 heteroatoms. The van der Waals surface area contributed by atoms with E-state index in [-0.39, 0.29) is 0 Å². The van der Waals surface area contributed by atoms with Gasteiger partial charge in [0.25, 0.3) is 0 Å². The molecule has 0 aliphatic rings. The second kappa shape index (κ2) is 7.33. The number of hydrogen-bond donors (Lipinski definition) is 1. The number of pyridine rings is 1. The molecular formula is C12H18F3N3. The minimum absolute atomic E-state index is 0.320. The highest BCUT2D eigenvalue weighted by atomic mass is 19.4. The van der Waals surface area contributed by atoms with Crippen LogP contribution in [0.2, 0.25) is 0 Å². The highest BCUT2D eigenvalue weighted by Gasteiger charge is 2.25. The number of nitrogens with one attached hydrogen (secondary N) is 1. The lowest BCUT2D eigenvalue weighted by Crippen LogP contribution is -2.36. The first-order valence-electron chi connectivity index (χ1n) is 5.91. The third kappa shape index (κ3) is 6.56. The van der Waals surface area contributed by atoms with Gasteiger partial charge in [-0.2, -0.15) is 13.2 Å². The van der Waals surface area contributed by atoms with Crippen LogP contribution in [0.1, 0.15) is 12.6 Å². The van der Waals surface area contributed by atoms with E-state index in [0.29, 0.717) is 19.6 Å². The molecule has 0 saturated heterocycles. The zero-order valence-corrected chi connectivity index (χ0v) is 10.4. The molecule has 0 fully saturated rings. The van der Waals surface area contributed by atoms with E-state index >= 15 is 0 Å². The van der Waals surface area contributed by atoms with Gasteiger partial charge in [0.15, 0.2) is 0 Å². The summed E-state index contributed by atoms with van der Waals surface area (Å²) in [5.41, 5.74) is 0.926. The molecule has 0 aromatic carbocycles. The van der Waals surface area contributed by atoms with Crippen LogP contribution in [0.15, 0.2) is 24.4 Å². The predicted octanol–water partition coefficient (Wildman–Crippen LogP) is 2.06. The average Bonchev–Trinajstić information content (AvgIpc) is 2.33. The molecule has 0 aliphatic carbocycles. The van der Waals surface area contributed by atoms with E-state index in [1.165, 1.54) is 0 Å². The molecule has 0 radical (unpaired) electrons. The number of nitrogens with zero attached hydrogens (tertiary/aromatic N) is 2. The van der Waals surface area contributed by atoms with Crippen molar-refractivity contribution in [1.29, 1.82) is 0 Å². The minimum atomic E-state index is -4.14. The Bertz CT molecular complexity index is 327. The van der Waals surface area contributed by atoms with Gasteiger partial charge in [0.1, 0.15) is 0 Å². The van der Waals surface area contributed by atoms with Crippen molar-refractivity contribution in [2.75, 3.05) is 26.2 Å². The number of halogens is 3. The summed E-state index contributed by atoms with van der Waals surface area (Å²) >= 11 is 0. The summed E-state index contributed by atoms with van der Waals surface area (Å²) in [4.78, 5) is 6.24. The average molecular weight is 261 g/mol. The molecule has 1 N–H and O–H groups in total. The SMILES string of the molecule is CCN(CCNCC(F)(F)F)Cc1ccccn1. The summed E-state index contributed by atoms with van der Waals surface area (Å²) in [7, 11) is 0. The van der Waals surface area contributed by atoms with E-state index in [1.807, 2.05) is 30.0 Å². The van der Waals surface area contributed by atoms with E-state index < -0.39 is 12.7 Å². The smallest absolute Gasteiger partial charge is 0.307 e. The maximum atomic E-state index is 11.9. The van der Waals surface area contributed by atoms with Gasteiger partial charge in [-0.1, -0.05) is 13.0 Å². The minimum Gasteiger partial charge on any atom is -0.307 e. The maximum absolute atomic E-state index is 11.9. The number of hydrogen-bond acceptors (Lipinski definition) is 3. The maximum Gasteiger partial charge on any atom is 0.401 e. The van der Waals surface area contributed by atoms with Crippen molar-refractivity contribution in [3.05, 3.63) is 30.1 Å². The molecule has 0 aliphatic heterocycles. The van der Waals surface area contributed by atoms with Crippen molar-refractivity contribution in [1.82, 2.24) is 15.2 Å². The molecule has 1 aromatic rings. The number of likely N-dealkylation sites (N-methyl/N-ethyl adjacent to an activating group) is 1. The van der Waals surface area contributed by atoms with Crippen molar-refractivity contribution < 1.29 is 13.2 Å². The molecule has 18 heavy (non-hydrogen) atoms. The summed E-state index contributed by atoms with van der Waals surface area (Å²) in [5.74, 6) is 0. The normalized spacial score (nSPS) is 12.1. The third-order valence-electron chi connectivity index (χ3n) is 2.49. The van der Waals surface area contributed by atoms with Crippen LogP contribution in [-0.4, -0.2) is 42.2 Å². The molecule has 1 aromatic heterocycles. The Morgan fingerprint density at radius 3 is 2.67 bits per heavy atom. The molecule has 0 unspecified atom stereocenters. The van der Waals surface area contributed by atoms with Gasteiger partial charge >= 0.3 is 6.18 Å². The predicted molar refractivity (Wildman–Crippen MR) is 64.1 cm³/mol. The first kappa shape index (κ1) is 14.9. The van der Waals surface area contributed by atoms with E-state index in [4.69, 9.17) is 0 Å². The summed E-state index contributed by atoms with van der Waals surface area (Å²) in [6.45, 7) is 3.37. The highest BCUT2D eigenvalue weighted by molar-refractivity contribution is 5.03. The van der Waals surface area contributed by atoms with E-state index in [0.717, 1.165) is 12.2 Å². The van der Waals surface area contributed by atoms with Crippen molar-refractivity contribution in [3.63, 3.8) is 0 Å². The lowest BCUT2D eigenvalue weighted by Gasteiger charge is -2.20. The van der Waals surface area contributed by atoms with Crippen LogP contribution >= 0.6 is 0 Å². The van der Waals surface area contributed by atoms with Gasteiger partial charge in [0.2, 0.25) is 0 Å². The van der Waals surface area contributed by atoms with Crippen molar-refractivity contribution in [2.45, 2.75) is 19.6 Å². The standard InChI is InChI=1S/C12H18F3N3/c1-2-18(8-7-16-10-12(13,14)15)9-11-5-3-4-6-17-11/h3-6,16H,2,7-10H2,1H3. The molecule has 0 saturated carbocycles. The fourth-order valence-electron chi connectivity index (χ4n) is 1.54. The van der Waals surface area contributed by atoms with E-state index in [9.17, 15) is 13.2 Å². The fourth-order valence-corrected chi connectivity index (χ4v) is 1.54. The summed E-state index contributed by atoms with van der Waals surface area (Å²) in [5, 5.41) is 2.39. The Labute approximate surface area is 105 Å². The van der Waals surface area contributed by atoms with Gasteiger partial charge in [-0.25, -0.2) is 0 Å². The van der Waals surface area contributed by atoms with Crippen LogP contribution in [0.3, 0.4) is 0 Å². The van der Waals surface area contributed by atoms with Gasteiger partial charge in [0, 0.05) is 25.8 Å². The Morgan fingerprint density at radius 1 is 1.33 bits per heavy atom. The van der Waals surface area contributed by atoms with E-state index in [2.05, 4.69) is 10.3 Å². The molecule has 3 nitrogen and oxygen atoms in total. The van der Waals surface area contributed by atoms with Gasteiger partial charge in [-0.3, -0.25) is 9.88 Å². The quantitative estimate of drug-likeness (QED) is 0.761. The Balaban J connectivity index is 2.26. The molecule has 0 bridgehead atoms. The number of alkyl halides is 3. The zero-order chi connectivity index (χ0) is 13.4. The first-order valence-corrected chi connectivity index (χ1v) is 5.91. The fraction of sp³-hybridized carbons (Fsp3) is 0.583. The van der Waals surface area contributed by atoms with Crippen molar-refractivity contribution in [3.8, 4) is 0 Å². The summed E-state index contributed by atoms with van der Waals surface area (Å²) < 4.78 is 35.8. The van der Waals surface area contributed by atoms with Gasteiger partial charge in [-0.05, 0) is 18.7 Å². The van der Waals surface area contributed by atoms with Crippen LogP contribution in [-0.2, 0) is 6.54 Å². The molecule has 1 rings (SSSR count). The third-order valence-corrected chi connectivity index (χ3v) is 2.49. The molecule has 0 spiro atoms. The molecule has 0 atom stereocenters. The first-order chi connectivity index (χ1) is 8.51. The van der Waals surface area contributed by atoms with Crippen LogP contribution in [0.4, 0.5) is 13.2 Å². The molecule has 1 heterocycles. The van der Waals surface area contributed by atoms with Crippen molar-refractivity contribution >= 4 is 0 Å². The lowest BCUT2D eigenvalue weighted by atomic mass is 10.3. The molecule has 0 amide bonds. The van der Waals surface area contributed by atoms with Gasteiger partial charge in [-0.15, -0.1) is 0 Å². The zero-order valence-electron chi connectivity index (χ0n) is 10.4. The summed E-state index contributed by atoms with van der Waals surface area (Å²) in [6, 6.07) is 5.65. The molecular weight excluding hydrogens is 243 g/mol. The van der Waals surface area contributed by atoms with Crippen LogP contribution in [0.5, 0.6) is 0 Å². The topological polar surface area (TPSA) is 28.2 Å². The number of rotatable bonds is 7. The summed E-state index contributed by atoms with van der Waals surface area (Å²) in [6.07, 6.45) is -2.43. The second-order valence-electron chi connectivity index (χ2n) is 3.98. The van der Waals surface area contributed by atoms with Gasteiger partial charge < -0.3 is 5.32 Å². The van der Waals surface area contributed by atoms with Crippen LogP contribution in [0.25, 0.3) is 0 Å². The Morgan fingerprint density at radius 2 is 2.11 bits per heavy atom. The van der Waals surface area contributed by atoms with Gasteiger partial charge in [0.05, 0.1) is 12.2 Å².